The quantitative estimate of drug-likeness (QED) is 0.928. The Morgan fingerprint density at radius 1 is 1.41 bits per heavy atom. The standard InChI is InChI=1S/C11H14BrNO3S/c1-7-4-5-9(12)6-10(7)13-11(14)8(2)17(3,15)16/h4-6,8H,1-3H3,(H,13,14). The molecule has 0 aliphatic heterocycles. The van der Waals surface area contributed by atoms with E-state index in [0.717, 1.165) is 16.3 Å². The van der Waals surface area contributed by atoms with Crippen LogP contribution in [-0.4, -0.2) is 25.8 Å². The Bertz CT molecular complexity index is 540. The highest BCUT2D eigenvalue weighted by Gasteiger charge is 2.23. The van der Waals surface area contributed by atoms with Gasteiger partial charge in [0.05, 0.1) is 0 Å². The van der Waals surface area contributed by atoms with E-state index in [4.69, 9.17) is 0 Å². The van der Waals surface area contributed by atoms with Gasteiger partial charge in [-0.25, -0.2) is 8.42 Å². The number of aryl methyl sites for hydroxylation is 1. The SMILES string of the molecule is Cc1ccc(Br)cc1NC(=O)C(C)S(C)(=O)=O. The zero-order valence-electron chi connectivity index (χ0n) is 9.82. The normalized spacial score (nSPS) is 13.2. The van der Waals surface area contributed by atoms with Crippen molar-refractivity contribution < 1.29 is 13.2 Å². The van der Waals surface area contributed by atoms with Crippen molar-refractivity contribution in [2.24, 2.45) is 0 Å². The van der Waals surface area contributed by atoms with Gasteiger partial charge in [-0.2, -0.15) is 0 Å². The Hall–Kier alpha value is -0.880. The highest BCUT2D eigenvalue weighted by Crippen LogP contribution is 2.21. The lowest BCUT2D eigenvalue weighted by molar-refractivity contribution is -0.115. The minimum absolute atomic E-state index is 0.520. The van der Waals surface area contributed by atoms with Crippen molar-refractivity contribution in [3.05, 3.63) is 28.2 Å². The van der Waals surface area contributed by atoms with Crippen molar-refractivity contribution in [3.63, 3.8) is 0 Å². The summed E-state index contributed by atoms with van der Waals surface area (Å²) in [7, 11) is -3.37. The van der Waals surface area contributed by atoms with Gasteiger partial charge < -0.3 is 5.32 Å². The number of carbonyl (C=O) groups excluding carboxylic acids is 1. The van der Waals surface area contributed by atoms with E-state index in [1.54, 1.807) is 6.07 Å². The van der Waals surface area contributed by atoms with Gasteiger partial charge in [-0.3, -0.25) is 4.79 Å². The van der Waals surface area contributed by atoms with E-state index in [2.05, 4.69) is 21.2 Å². The molecule has 1 N–H and O–H groups in total. The molecule has 0 saturated heterocycles. The molecule has 4 nitrogen and oxygen atoms in total. The Balaban J connectivity index is 2.92. The Labute approximate surface area is 109 Å². The Kier molecular flexibility index (Phi) is 4.32. The monoisotopic (exact) mass is 319 g/mol. The first-order chi connectivity index (χ1) is 7.71. The van der Waals surface area contributed by atoms with E-state index in [1.165, 1.54) is 6.92 Å². The first kappa shape index (κ1) is 14.2. The van der Waals surface area contributed by atoms with Crippen LogP contribution in [0.4, 0.5) is 5.69 Å². The number of rotatable bonds is 3. The number of nitrogens with one attached hydrogen (secondary N) is 1. The summed E-state index contributed by atoms with van der Waals surface area (Å²) >= 11 is 3.29. The maximum atomic E-state index is 11.7. The number of halogens is 1. The third-order valence-corrected chi connectivity index (χ3v) is 4.46. The number of carbonyl (C=O) groups is 1. The minimum atomic E-state index is -3.37. The third kappa shape index (κ3) is 3.81. The molecule has 1 unspecified atom stereocenters. The summed E-state index contributed by atoms with van der Waals surface area (Å²) in [4.78, 5) is 11.7. The lowest BCUT2D eigenvalue weighted by Crippen LogP contribution is -2.32. The van der Waals surface area contributed by atoms with Crippen molar-refractivity contribution in [3.8, 4) is 0 Å². The molecule has 94 valence electrons. The van der Waals surface area contributed by atoms with Gasteiger partial charge in [0.1, 0.15) is 5.25 Å². The van der Waals surface area contributed by atoms with Crippen LogP contribution in [-0.2, 0) is 14.6 Å². The topological polar surface area (TPSA) is 63.2 Å². The molecule has 0 saturated carbocycles. The molecule has 1 aromatic carbocycles. The lowest BCUT2D eigenvalue weighted by Gasteiger charge is -2.12. The predicted octanol–water partition coefficient (Wildman–Crippen LogP) is 2.13. The zero-order chi connectivity index (χ0) is 13.2. The number of hydrogen-bond donors (Lipinski definition) is 1. The van der Waals surface area contributed by atoms with E-state index in [1.807, 2.05) is 19.1 Å². The second-order valence-electron chi connectivity index (χ2n) is 3.92. The average molecular weight is 320 g/mol. The molecule has 0 aliphatic rings. The largest absolute Gasteiger partial charge is 0.325 e. The van der Waals surface area contributed by atoms with Crippen LogP contribution in [0.15, 0.2) is 22.7 Å². The molecule has 0 radical (unpaired) electrons. The van der Waals surface area contributed by atoms with Crippen LogP contribution < -0.4 is 5.32 Å². The number of anilines is 1. The van der Waals surface area contributed by atoms with Crippen LogP contribution >= 0.6 is 15.9 Å². The molecular weight excluding hydrogens is 306 g/mol. The van der Waals surface area contributed by atoms with Gasteiger partial charge >= 0.3 is 0 Å². The fraction of sp³-hybridized carbons (Fsp3) is 0.364. The second-order valence-corrected chi connectivity index (χ2v) is 7.20. The summed E-state index contributed by atoms with van der Waals surface area (Å²) in [5, 5.41) is 1.55. The van der Waals surface area contributed by atoms with Crippen LogP contribution in [0.5, 0.6) is 0 Å². The summed E-state index contributed by atoms with van der Waals surface area (Å²) in [6.07, 6.45) is 1.05. The van der Waals surface area contributed by atoms with Gasteiger partial charge in [0, 0.05) is 16.4 Å². The number of amides is 1. The Morgan fingerprint density at radius 2 is 2.00 bits per heavy atom. The van der Waals surface area contributed by atoms with Gasteiger partial charge in [-0.05, 0) is 31.5 Å². The van der Waals surface area contributed by atoms with Crippen LogP contribution in [0.25, 0.3) is 0 Å². The molecule has 1 atom stereocenters. The predicted molar refractivity (Wildman–Crippen MR) is 71.8 cm³/mol. The molecule has 0 aromatic heterocycles. The molecule has 0 bridgehead atoms. The molecule has 1 amide bonds. The average Bonchev–Trinajstić information content (AvgIpc) is 2.21. The highest BCUT2D eigenvalue weighted by molar-refractivity contribution is 9.10. The third-order valence-electron chi connectivity index (χ3n) is 2.47. The van der Waals surface area contributed by atoms with Crippen molar-refractivity contribution in [2.75, 3.05) is 11.6 Å². The van der Waals surface area contributed by atoms with E-state index in [9.17, 15) is 13.2 Å². The molecule has 0 fully saturated rings. The summed E-state index contributed by atoms with van der Waals surface area (Å²) in [5.41, 5.74) is 1.49. The molecular formula is C11H14BrNO3S. The molecule has 0 aliphatic carbocycles. The van der Waals surface area contributed by atoms with Gasteiger partial charge in [-0.15, -0.1) is 0 Å². The molecule has 0 heterocycles. The second kappa shape index (κ2) is 5.18. The smallest absolute Gasteiger partial charge is 0.242 e. The molecule has 6 heteroatoms. The van der Waals surface area contributed by atoms with Gasteiger partial charge in [-0.1, -0.05) is 22.0 Å². The van der Waals surface area contributed by atoms with Crippen LogP contribution in [0.2, 0.25) is 0 Å². The molecule has 17 heavy (non-hydrogen) atoms. The maximum Gasteiger partial charge on any atom is 0.242 e. The Morgan fingerprint density at radius 3 is 2.53 bits per heavy atom. The maximum absolute atomic E-state index is 11.7. The highest BCUT2D eigenvalue weighted by atomic mass is 79.9. The van der Waals surface area contributed by atoms with E-state index in [0.29, 0.717) is 5.69 Å². The fourth-order valence-electron chi connectivity index (χ4n) is 1.16. The van der Waals surface area contributed by atoms with E-state index in [-0.39, 0.29) is 0 Å². The van der Waals surface area contributed by atoms with Crippen LogP contribution in [0, 0.1) is 6.92 Å². The van der Waals surface area contributed by atoms with Crippen molar-refractivity contribution in [1.29, 1.82) is 0 Å². The van der Waals surface area contributed by atoms with Crippen LogP contribution in [0.3, 0.4) is 0 Å². The van der Waals surface area contributed by atoms with E-state index >= 15 is 0 Å². The summed E-state index contributed by atoms with van der Waals surface area (Å²) in [6.45, 7) is 3.21. The first-order valence-electron chi connectivity index (χ1n) is 4.97. The summed E-state index contributed by atoms with van der Waals surface area (Å²) < 4.78 is 23.3. The van der Waals surface area contributed by atoms with Gasteiger partial charge in [0.25, 0.3) is 0 Å². The molecule has 0 spiro atoms. The van der Waals surface area contributed by atoms with E-state index < -0.39 is 21.0 Å². The van der Waals surface area contributed by atoms with Crippen molar-refractivity contribution >= 4 is 37.4 Å². The van der Waals surface area contributed by atoms with Crippen molar-refractivity contribution in [2.45, 2.75) is 19.1 Å². The minimum Gasteiger partial charge on any atom is -0.325 e. The lowest BCUT2D eigenvalue weighted by atomic mass is 10.2. The number of benzene rings is 1. The van der Waals surface area contributed by atoms with Crippen molar-refractivity contribution in [1.82, 2.24) is 0 Å². The first-order valence-corrected chi connectivity index (χ1v) is 7.72. The molecule has 1 rings (SSSR count). The number of hydrogen-bond acceptors (Lipinski definition) is 3. The zero-order valence-corrected chi connectivity index (χ0v) is 12.2. The summed E-state index contributed by atoms with van der Waals surface area (Å²) in [6, 6.07) is 5.43. The van der Waals surface area contributed by atoms with Crippen LogP contribution in [0.1, 0.15) is 12.5 Å². The molecule has 1 aromatic rings. The fourth-order valence-corrected chi connectivity index (χ4v) is 1.97. The number of sulfone groups is 1. The van der Waals surface area contributed by atoms with Gasteiger partial charge in [0.2, 0.25) is 5.91 Å². The van der Waals surface area contributed by atoms with Gasteiger partial charge in [0.15, 0.2) is 9.84 Å². The summed E-state index contributed by atoms with van der Waals surface area (Å²) in [5.74, 6) is -0.520.